The van der Waals surface area contributed by atoms with Gasteiger partial charge < -0.3 is 14.3 Å². The quantitative estimate of drug-likeness (QED) is 0.748. The van der Waals surface area contributed by atoms with Gasteiger partial charge in [-0.25, -0.2) is 4.98 Å². The topological polar surface area (TPSA) is 53.4 Å². The molecule has 1 aliphatic heterocycles. The molecular weight excluding hydrogens is 356 g/mol. The van der Waals surface area contributed by atoms with Crippen LogP contribution < -0.4 is 0 Å². The molecule has 118 valence electrons. The van der Waals surface area contributed by atoms with Crippen molar-refractivity contribution < 1.29 is 4.79 Å². The Bertz CT molecular complexity index is 832. The molecule has 0 radical (unpaired) electrons. The van der Waals surface area contributed by atoms with Crippen molar-refractivity contribution in [3.8, 4) is 0 Å². The summed E-state index contributed by atoms with van der Waals surface area (Å²) in [5.41, 5.74) is 1.78. The number of carbonyl (C=O) groups excluding carboxylic acids is 1. The fourth-order valence-corrected chi connectivity index (χ4v) is 3.59. The first-order valence-electron chi connectivity index (χ1n) is 7.76. The van der Waals surface area contributed by atoms with Crippen LogP contribution in [0.2, 0.25) is 0 Å². The van der Waals surface area contributed by atoms with Crippen molar-refractivity contribution in [3.05, 3.63) is 58.8 Å². The molecule has 0 spiro atoms. The number of likely N-dealkylation sites (tertiary alicyclic amines) is 1. The van der Waals surface area contributed by atoms with E-state index in [9.17, 15) is 4.79 Å². The van der Waals surface area contributed by atoms with Crippen LogP contribution in [-0.2, 0) is 0 Å². The lowest BCUT2D eigenvalue weighted by molar-refractivity contribution is 0.0711. The maximum Gasteiger partial charge on any atom is 0.255 e. The fraction of sp³-hybridized carbons (Fsp3) is 0.294. The molecule has 1 fully saturated rings. The third-order valence-corrected chi connectivity index (χ3v) is 4.96. The molecule has 0 saturated carbocycles. The van der Waals surface area contributed by atoms with Crippen LogP contribution in [0.3, 0.4) is 0 Å². The van der Waals surface area contributed by atoms with Crippen LogP contribution in [0.5, 0.6) is 0 Å². The van der Waals surface area contributed by atoms with Crippen molar-refractivity contribution in [1.29, 1.82) is 0 Å². The van der Waals surface area contributed by atoms with E-state index in [2.05, 4.69) is 25.9 Å². The number of nitrogens with one attached hydrogen (secondary N) is 1. The molecule has 1 aliphatic rings. The third kappa shape index (κ3) is 2.79. The highest BCUT2D eigenvalue weighted by atomic mass is 79.9. The van der Waals surface area contributed by atoms with Crippen LogP contribution in [0.25, 0.3) is 5.52 Å². The molecule has 0 unspecified atom stereocenters. The van der Waals surface area contributed by atoms with E-state index in [1.165, 1.54) is 0 Å². The number of fused-ring (bicyclic) bond motifs is 1. The minimum atomic E-state index is 0.114. The van der Waals surface area contributed by atoms with Crippen LogP contribution in [0.4, 0.5) is 0 Å². The normalized spacial score (nSPS) is 16.1. The van der Waals surface area contributed by atoms with Crippen LogP contribution >= 0.6 is 15.9 Å². The molecule has 4 rings (SSSR count). The van der Waals surface area contributed by atoms with E-state index in [0.717, 1.165) is 47.3 Å². The van der Waals surface area contributed by atoms with Crippen LogP contribution in [0, 0.1) is 0 Å². The molecule has 4 heterocycles. The lowest BCUT2D eigenvalue weighted by atomic mass is 9.96. The van der Waals surface area contributed by atoms with Crippen LogP contribution in [0.15, 0.2) is 47.5 Å². The molecule has 1 saturated heterocycles. The number of H-pyrrole nitrogens is 1. The number of aromatic nitrogens is 3. The van der Waals surface area contributed by atoms with Gasteiger partial charge in [-0.1, -0.05) is 0 Å². The fourth-order valence-electron chi connectivity index (χ4n) is 3.24. The molecule has 0 atom stereocenters. The van der Waals surface area contributed by atoms with Gasteiger partial charge in [0.1, 0.15) is 5.82 Å². The smallest absolute Gasteiger partial charge is 0.255 e. The average molecular weight is 373 g/mol. The maximum atomic E-state index is 12.7. The SMILES string of the molecule is O=C(c1cc2ccc(Br)cn2c1)N1CCC(c2ncc[nH]2)CC1. The molecule has 5 nitrogen and oxygen atoms in total. The molecule has 0 aliphatic carbocycles. The summed E-state index contributed by atoms with van der Waals surface area (Å²) >= 11 is 3.46. The Kier molecular flexibility index (Phi) is 3.69. The number of rotatable bonds is 2. The molecule has 23 heavy (non-hydrogen) atoms. The zero-order valence-corrected chi connectivity index (χ0v) is 14.2. The van der Waals surface area contributed by atoms with Gasteiger partial charge >= 0.3 is 0 Å². The number of carbonyl (C=O) groups is 1. The largest absolute Gasteiger partial charge is 0.348 e. The summed E-state index contributed by atoms with van der Waals surface area (Å²) in [6.07, 6.45) is 9.43. The Morgan fingerprint density at radius 3 is 2.83 bits per heavy atom. The highest BCUT2D eigenvalue weighted by Crippen LogP contribution is 2.26. The summed E-state index contributed by atoms with van der Waals surface area (Å²) in [7, 11) is 0. The Hall–Kier alpha value is -2.08. The Labute approximate surface area is 142 Å². The number of piperidine rings is 1. The van der Waals surface area contributed by atoms with Gasteiger partial charge in [0, 0.05) is 53.8 Å². The van der Waals surface area contributed by atoms with Crippen LogP contribution in [-0.4, -0.2) is 38.3 Å². The summed E-state index contributed by atoms with van der Waals surface area (Å²) in [6.45, 7) is 1.56. The van der Waals surface area contributed by atoms with E-state index in [1.54, 1.807) is 6.20 Å². The van der Waals surface area contributed by atoms with Gasteiger partial charge in [-0.15, -0.1) is 0 Å². The average Bonchev–Trinajstić information content (AvgIpc) is 3.23. The molecule has 6 heteroatoms. The van der Waals surface area contributed by atoms with E-state index in [0.29, 0.717) is 5.92 Å². The zero-order valence-electron chi connectivity index (χ0n) is 12.6. The second-order valence-corrected chi connectivity index (χ2v) is 6.86. The summed E-state index contributed by atoms with van der Waals surface area (Å²) in [5.74, 6) is 1.58. The Balaban J connectivity index is 1.48. The van der Waals surface area contributed by atoms with E-state index in [-0.39, 0.29) is 5.91 Å². The number of imidazole rings is 1. The Morgan fingerprint density at radius 1 is 1.26 bits per heavy atom. The van der Waals surface area contributed by atoms with Crippen molar-refractivity contribution in [2.75, 3.05) is 13.1 Å². The number of pyridine rings is 1. The second-order valence-electron chi connectivity index (χ2n) is 5.95. The molecule has 0 bridgehead atoms. The van der Waals surface area contributed by atoms with E-state index in [1.807, 2.05) is 46.1 Å². The van der Waals surface area contributed by atoms with Gasteiger partial charge in [-0.05, 0) is 47.0 Å². The molecule has 3 aromatic rings. The van der Waals surface area contributed by atoms with Crippen molar-refractivity contribution >= 4 is 27.4 Å². The molecular formula is C17H17BrN4O. The number of halogens is 1. The zero-order chi connectivity index (χ0) is 15.8. The van der Waals surface area contributed by atoms with E-state index >= 15 is 0 Å². The number of aromatic amines is 1. The standard InChI is InChI=1S/C17H17BrN4O/c18-14-1-2-15-9-13(10-22(15)11-14)17(23)21-7-3-12(4-8-21)16-19-5-6-20-16/h1-2,5-6,9-12H,3-4,7-8H2,(H,19,20). The predicted molar refractivity (Wildman–Crippen MR) is 91.6 cm³/mol. The molecule has 1 N–H and O–H groups in total. The third-order valence-electron chi connectivity index (χ3n) is 4.49. The van der Waals surface area contributed by atoms with Crippen molar-refractivity contribution in [1.82, 2.24) is 19.3 Å². The van der Waals surface area contributed by atoms with Gasteiger partial charge in [0.15, 0.2) is 0 Å². The monoisotopic (exact) mass is 372 g/mol. The highest BCUT2D eigenvalue weighted by molar-refractivity contribution is 9.10. The van der Waals surface area contributed by atoms with Gasteiger partial charge in [0.2, 0.25) is 0 Å². The number of amides is 1. The predicted octanol–water partition coefficient (Wildman–Crippen LogP) is 3.44. The molecule has 3 aromatic heterocycles. The highest BCUT2D eigenvalue weighted by Gasteiger charge is 2.26. The number of hydrogen-bond donors (Lipinski definition) is 1. The van der Waals surface area contributed by atoms with Crippen LogP contribution in [0.1, 0.15) is 34.9 Å². The van der Waals surface area contributed by atoms with Gasteiger partial charge in [-0.3, -0.25) is 4.79 Å². The minimum Gasteiger partial charge on any atom is -0.348 e. The molecule has 1 amide bonds. The van der Waals surface area contributed by atoms with E-state index < -0.39 is 0 Å². The Morgan fingerprint density at radius 2 is 2.09 bits per heavy atom. The summed E-state index contributed by atoms with van der Waals surface area (Å²) in [5, 5.41) is 0. The first-order chi connectivity index (χ1) is 11.2. The lowest BCUT2D eigenvalue weighted by Gasteiger charge is -2.31. The second kappa shape index (κ2) is 5.85. The van der Waals surface area contributed by atoms with Gasteiger partial charge in [0.05, 0.1) is 5.56 Å². The maximum absolute atomic E-state index is 12.7. The molecule has 0 aromatic carbocycles. The number of hydrogen-bond acceptors (Lipinski definition) is 2. The minimum absolute atomic E-state index is 0.114. The number of nitrogens with zero attached hydrogens (tertiary/aromatic N) is 3. The van der Waals surface area contributed by atoms with Crippen molar-refractivity contribution in [3.63, 3.8) is 0 Å². The lowest BCUT2D eigenvalue weighted by Crippen LogP contribution is -2.37. The first kappa shape index (κ1) is 14.5. The van der Waals surface area contributed by atoms with Crippen molar-refractivity contribution in [2.24, 2.45) is 0 Å². The van der Waals surface area contributed by atoms with E-state index in [4.69, 9.17) is 0 Å². The summed E-state index contributed by atoms with van der Waals surface area (Å²) in [6, 6.07) is 5.94. The van der Waals surface area contributed by atoms with Crippen molar-refractivity contribution in [2.45, 2.75) is 18.8 Å². The van der Waals surface area contributed by atoms with Gasteiger partial charge in [0.25, 0.3) is 5.91 Å². The summed E-state index contributed by atoms with van der Waals surface area (Å²) < 4.78 is 2.98. The van der Waals surface area contributed by atoms with Gasteiger partial charge in [-0.2, -0.15) is 0 Å². The summed E-state index contributed by atoms with van der Waals surface area (Å²) in [4.78, 5) is 22.2. The first-order valence-corrected chi connectivity index (χ1v) is 8.56.